The van der Waals surface area contributed by atoms with Gasteiger partial charge in [-0.1, -0.05) is 11.6 Å². The van der Waals surface area contributed by atoms with Gasteiger partial charge < -0.3 is 14.6 Å². The number of carbonyl (C=O) groups excluding carboxylic acids is 1. The Morgan fingerprint density at radius 3 is 2.96 bits per heavy atom. The summed E-state index contributed by atoms with van der Waals surface area (Å²) in [4.78, 5) is 24.8. The number of benzene rings is 1. The molecule has 7 heteroatoms. The first-order valence-electron chi connectivity index (χ1n) is 7.35. The summed E-state index contributed by atoms with van der Waals surface area (Å²) in [7, 11) is 0. The van der Waals surface area contributed by atoms with Gasteiger partial charge >= 0.3 is 0 Å². The van der Waals surface area contributed by atoms with Crippen molar-refractivity contribution in [1.29, 1.82) is 0 Å². The van der Waals surface area contributed by atoms with Crippen LogP contribution in [-0.4, -0.2) is 30.5 Å². The Hall–Kier alpha value is -2.83. The monoisotopic (exact) mass is 315 g/mol. The van der Waals surface area contributed by atoms with Crippen LogP contribution in [-0.2, 0) is 0 Å². The minimum Gasteiger partial charge on any atom is -0.449 e. The fraction of sp³-hybridized carbons (Fsp3) is 0.312. The molecule has 1 aromatic heterocycles. The van der Waals surface area contributed by atoms with Gasteiger partial charge in [-0.25, -0.2) is 0 Å². The average Bonchev–Trinajstić information content (AvgIpc) is 2.81. The molecule has 1 N–H and O–H groups in total. The standard InChI is InChI=1S/C16H17N3O4/c1-10(2)5-7-18-8-6-17-16(20)15-14(18)12-9-11(19(21)22)3-4-13(12)23-15/h3-5,9H,6-8H2,1-2H3,(H,17,20). The topological polar surface area (TPSA) is 88.6 Å². The van der Waals surface area contributed by atoms with E-state index in [1.165, 1.54) is 18.2 Å². The van der Waals surface area contributed by atoms with E-state index in [1.54, 1.807) is 0 Å². The van der Waals surface area contributed by atoms with Gasteiger partial charge in [0.25, 0.3) is 11.6 Å². The average molecular weight is 315 g/mol. The van der Waals surface area contributed by atoms with Crippen molar-refractivity contribution >= 4 is 28.3 Å². The molecule has 0 aliphatic carbocycles. The van der Waals surface area contributed by atoms with Crippen LogP contribution in [0.4, 0.5) is 11.4 Å². The highest BCUT2D eigenvalue weighted by Gasteiger charge is 2.28. The molecule has 1 aliphatic heterocycles. The summed E-state index contributed by atoms with van der Waals surface area (Å²) in [6, 6.07) is 4.38. The minimum atomic E-state index is -0.448. The van der Waals surface area contributed by atoms with Crippen molar-refractivity contribution in [2.24, 2.45) is 0 Å². The third-order valence-corrected chi connectivity index (χ3v) is 3.77. The lowest BCUT2D eigenvalue weighted by atomic mass is 10.1. The third kappa shape index (κ3) is 2.77. The Labute approximate surface area is 132 Å². The van der Waals surface area contributed by atoms with Gasteiger partial charge in [-0.15, -0.1) is 0 Å². The molecule has 2 heterocycles. The van der Waals surface area contributed by atoms with Crippen LogP contribution in [0.5, 0.6) is 0 Å². The maximum Gasteiger partial charge on any atom is 0.289 e. The molecule has 0 atom stereocenters. The molecular formula is C16H17N3O4. The first-order chi connectivity index (χ1) is 11.0. The Kier molecular flexibility index (Phi) is 3.77. The molecule has 0 unspecified atom stereocenters. The van der Waals surface area contributed by atoms with E-state index in [-0.39, 0.29) is 17.4 Å². The van der Waals surface area contributed by atoms with Crippen molar-refractivity contribution in [2.75, 3.05) is 24.5 Å². The second-order valence-electron chi connectivity index (χ2n) is 5.70. The van der Waals surface area contributed by atoms with Gasteiger partial charge in [0.05, 0.1) is 16.0 Å². The number of nitrogens with one attached hydrogen (secondary N) is 1. The molecule has 7 nitrogen and oxygen atoms in total. The fourth-order valence-corrected chi connectivity index (χ4v) is 2.63. The predicted molar refractivity (Wildman–Crippen MR) is 86.8 cm³/mol. The van der Waals surface area contributed by atoms with Crippen LogP contribution in [0.2, 0.25) is 0 Å². The molecule has 0 fully saturated rings. The molecule has 0 spiro atoms. The highest BCUT2D eigenvalue weighted by Crippen LogP contribution is 2.36. The lowest BCUT2D eigenvalue weighted by Gasteiger charge is -2.20. The molecule has 23 heavy (non-hydrogen) atoms. The highest BCUT2D eigenvalue weighted by molar-refractivity contribution is 6.07. The molecule has 0 bridgehead atoms. The number of allylic oxidation sites excluding steroid dienone is 1. The molecule has 0 saturated carbocycles. The summed E-state index contributed by atoms with van der Waals surface area (Å²) < 4.78 is 5.66. The van der Waals surface area contributed by atoms with E-state index in [0.29, 0.717) is 36.3 Å². The van der Waals surface area contributed by atoms with E-state index in [2.05, 4.69) is 11.4 Å². The minimum absolute atomic E-state index is 0.0204. The van der Waals surface area contributed by atoms with Gasteiger partial charge in [0.2, 0.25) is 5.76 Å². The molecule has 3 rings (SSSR count). The van der Waals surface area contributed by atoms with Crippen LogP contribution in [0.25, 0.3) is 11.0 Å². The number of anilines is 1. The van der Waals surface area contributed by atoms with E-state index in [9.17, 15) is 14.9 Å². The van der Waals surface area contributed by atoms with E-state index in [0.717, 1.165) is 5.57 Å². The number of nitrogens with zero attached hydrogens (tertiary/aromatic N) is 2. The first-order valence-corrected chi connectivity index (χ1v) is 7.35. The van der Waals surface area contributed by atoms with Crippen molar-refractivity contribution in [3.05, 3.63) is 45.7 Å². The number of rotatable bonds is 3. The summed E-state index contributed by atoms with van der Waals surface area (Å²) in [5.74, 6) is -0.0845. The number of hydrogen-bond acceptors (Lipinski definition) is 5. The smallest absolute Gasteiger partial charge is 0.289 e. The Balaban J connectivity index is 2.19. The van der Waals surface area contributed by atoms with Crippen LogP contribution < -0.4 is 10.2 Å². The molecule has 0 radical (unpaired) electrons. The predicted octanol–water partition coefficient (Wildman–Crippen LogP) is 2.86. The summed E-state index contributed by atoms with van der Waals surface area (Å²) in [6.45, 7) is 5.72. The van der Waals surface area contributed by atoms with Gasteiger partial charge in [0, 0.05) is 31.8 Å². The summed E-state index contributed by atoms with van der Waals surface area (Å²) in [5, 5.41) is 14.4. The first kappa shape index (κ1) is 15.1. The van der Waals surface area contributed by atoms with Crippen LogP contribution in [0, 0.1) is 10.1 Å². The zero-order chi connectivity index (χ0) is 16.6. The zero-order valence-corrected chi connectivity index (χ0v) is 13.0. The number of amides is 1. The summed E-state index contributed by atoms with van der Waals surface area (Å²) in [5.41, 5.74) is 2.23. The number of hydrogen-bond donors (Lipinski definition) is 1. The Bertz CT molecular complexity index is 818. The molecule has 1 aliphatic rings. The number of furan rings is 1. The molecule has 120 valence electrons. The molecular weight excluding hydrogens is 298 g/mol. The SMILES string of the molecule is CC(C)=CCN1CCNC(=O)c2oc3ccc([N+](=O)[O-])cc3c21. The quantitative estimate of drug-likeness (QED) is 0.534. The van der Waals surface area contributed by atoms with Gasteiger partial charge in [0.15, 0.2) is 0 Å². The Morgan fingerprint density at radius 2 is 2.26 bits per heavy atom. The lowest BCUT2D eigenvalue weighted by molar-refractivity contribution is -0.384. The van der Waals surface area contributed by atoms with Crippen molar-refractivity contribution in [1.82, 2.24) is 5.32 Å². The van der Waals surface area contributed by atoms with Crippen LogP contribution >= 0.6 is 0 Å². The maximum atomic E-state index is 12.2. The highest BCUT2D eigenvalue weighted by atomic mass is 16.6. The zero-order valence-electron chi connectivity index (χ0n) is 13.0. The van der Waals surface area contributed by atoms with Crippen molar-refractivity contribution in [3.8, 4) is 0 Å². The Morgan fingerprint density at radius 1 is 1.48 bits per heavy atom. The van der Waals surface area contributed by atoms with Crippen molar-refractivity contribution in [3.63, 3.8) is 0 Å². The van der Waals surface area contributed by atoms with Crippen LogP contribution in [0.15, 0.2) is 34.3 Å². The third-order valence-electron chi connectivity index (χ3n) is 3.77. The van der Waals surface area contributed by atoms with Crippen molar-refractivity contribution in [2.45, 2.75) is 13.8 Å². The van der Waals surface area contributed by atoms with Crippen LogP contribution in [0.3, 0.4) is 0 Å². The van der Waals surface area contributed by atoms with E-state index in [4.69, 9.17) is 4.42 Å². The second kappa shape index (κ2) is 5.75. The number of nitro groups is 1. The van der Waals surface area contributed by atoms with E-state index >= 15 is 0 Å². The molecule has 2 aromatic rings. The van der Waals surface area contributed by atoms with Gasteiger partial charge in [-0.3, -0.25) is 14.9 Å². The van der Waals surface area contributed by atoms with E-state index < -0.39 is 4.92 Å². The van der Waals surface area contributed by atoms with Gasteiger partial charge in [-0.2, -0.15) is 0 Å². The lowest BCUT2D eigenvalue weighted by Crippen LogP contribution is -2.30. The normalized spacial score (nSPS) is 14.2. The molecule has 0 saturated heterocycles. The van der Waals surface area contributed by atoms with Crippen LogP contribution in [0.1, 0.15) is 24.4 Å². The molecule has 1 aromatic carbocycles. The molecule has 1 amide bonds. The number of fused-ring (bicyclic) bond motifs is 3. The second-order valence-corrected chi connectivity index (χ2v) is 5.70. The fourth-order valence-electron chi connectivity index (χ4n) is 2.63. The summed E-state index contributed by atoms with van der Waals surface area (Å²) >= 11 is 0. The van der Waals surface area contributed by atoms with Gasteiger partial charge in [-0.05, 0) is 19.9 Å². The van der Waals surface area contributed by atoms with Crippen molar-refractivity contribution < 1.29 is 14.1 Å². The number of carbonyl (C=O) groups is 1. The van der Waals surface area contributed by atoms with Gasteiger partial charge in [0.1, 0.15) is 5.58 Å². The largest absolute Gasteiger partial charge is 0.449 e. The summed E-state index contributed by atoms with van der Waals surface area (Å²) in [6.07, 6.45) is 2.05. The van der Waals surface area contributed by atoms with E-state index in [1.807, 2.05) is 18.7 Å². The number of nitro benzene ring substituents is 1. The number of non-ortho nitro benzene ring substituents is 1. The maximum absolute atomic E-state index is 12.2.